The summed E-state index contributed by atoms with van der Waals surface area (Å²) in [6, 6.07) is 0.0933. The molecule has 1 aliphatic carbocycles. The van der Waals surface area contributed by atoms with Crippen molar-refractivity contribution in [3.05, 3.63) is 0 Å². The highest BCUT2D eigenvalue weighted by molar-refractivity contribution is 7.89. The van der Waals surface area contributed by atoms with Gasteiger partial charge in [-0.1, -0.05) is 19.3 Å². The van der Waals surface area contributed by atoms with Gasteiger partial charge < -0.3 is 10.1 Å². The number of sulfonamides is 1. The molecule has 3 fully saturated rings. The van der Waals surface area contributed by atoms with E-state index in [4.69, 9.17) is 4.74 Å². The van der Waals surface area contributed by atoms with Gasteiger partial charge in [-0.25, -0.2) is 13.1 Å². The quantitative estimate of drug-likeness (QED) is 0.825. The number of rotatable bonds is 4. The normalized spacial score (nSPS) is 33.3. The number of hydrogen-bond acceptors (Lipinski definition) is 4. The van der Waals surface area contributed by atoms with Gasteiger partial charge in [-0.3, -0.25) is 0 Å². The van der Waals surface area contributed by atoms with Gasteiger partial charge in [-0.05, 0) is 45.1 Å². The first-order valence-corrected chi connectivity index (χ1v) is 10.1. The lowest BCUT2D eigenvalue weighted by Crippen LogP contribution is -2.57. The monoisotopic (exact) mass is 316 g/mol. The van der Waals surface area contributed by atoms with Gasteiger partial charge in [0, 0.05) is 18.2 Å². The Morgan fingerprint density at radius 1 is 1.14 bits per heavy atom. The van der Waals surface area contributed by atoms with Crippen LogP contribution in [0.5, 0.6) is 0 Å². The fourth-order valence-electron chi connectivity index (χ4n) is 4.19. The number of ether oxygens (including phenoxy) is 1. The van der Waals surface area contributed by atoms with Crippen LogP contribution in [-0.2, 0) is 14.8 Å². The van der Waals surface area contributed by atoms with Gasteiger partial charge in [0.1, 0.15) is 0 Å². The molecule has 0 radical (unpaired) electrons. The van der Waals surface area contributed by atoms with Crippen LogP contribution in [0, 0.1) is 0 Å². The van der Waals surface area contributed by atoms with E-state index in [1.54, 1.807) is 0 Å². The Labute approximate surface area is 128 Å². The smallest absolute Gasteiger partial charge is 0.214 e. The van der Waals surface area contributed by atoms with Crippen molar-refractivity contribution in [3.8, 4) is 0 Å². The molecule has 0 aromatic carbocycles. The molecule has 0 bridgehead atoms. The molecule has 2 saturated heterocycles. The lowest BCUT2D eigenvalue weighted by atomic mass is 9.75. The van der Waals surface area contributed by atoms with Crippen molar-refractivity contribution in [2.75, 3.05) is 18.9 Å². The van der Waals surface area contributed by atoms with E-state index in [1.807, 2.05) is 0 Å². The summed E-state index contributed by atoms with van der Waals surface area (Å²) in [5, 5.41) is 3.66. The summed E-state index contributed by atoms with van der Waals surface area (Å²) in [6.07, 6.45) is 9.82. The lowest BCUT2D eigenvalue weighted by Gasteiger charge is -2.44. The third-order valence-corrected chi connectivity index (χ3v) is 6.72. The molecule has 0 amide bonds. The summed E-state index contributed by atoms with van der Waals surface area (Å²) in [5.41, 5.74) is 0.188. The zero-order valence-corrected chi connectivity index (χ0v) is 13.6. The van der Waals surface area contributed by atoms with E-state index in [2.05, 4.69) is 10.0 Å². The molecule has 3 rings (SSSR count). The van der Waals surface area contributed by atoms with Crippen LogP contribution >= 0.6 is 0 Å². The maximum Gasteiger partial charge on any atom is 0.214 e. The molecule has 0 aromatic heterocycles. The van der Waals surface area contributed by atoms with E-state index in [0.29, 0.717) is 6.61 Å². The van der Waals surface area contributed by atoms with Crippen LogP contribution in [0.15, 0.2) is 0 Å². The highest BCUT2D eigenvalue weighted by Gasteiger charge is 2.38. The van der Waals surface area contributed by atoms with E-state index in [9.17, 15) is 8.42 Å². The first-order valence-electron chi connectivity index (χ1n) is 8.44. The van der Waals surface area contributed by atoms with E-state index < -0.39 is 10.0 Å². The maximum atomic E-state index is 12.3. The molecule has 1 spiro atoms. The Balaban J connectivity index is 1.56. The van der Waals surface area contributed by atoms with Crippen LogP contribution in [0.25, 0.3) is 0 Å². The lowest BCUT2D eigenvalue weighted by molar-refractivity contribution is 0.127. The van der Waals surface area contributed by atoms with E-state index in [0.717, 1.165) is 32.2 Å². The highest BCUT2D eigenvalue weighted by Crippen LogP contribution is 2.34. The van der Waals surface area contributed by atoms with Crippen LogP contribution in [0.3, 0.4) is 0 Å². The van der Waals surface area contributed by atoms with Crippen LogP contribution in [-0.4, -0.2) is 45.0 Å². The fourth-order valence-corrected chi connectivity index (χ4v) is 5.75. The third kappa shape index (κ3) is 4.18. The summed E-state index contributed by atoms with van der Waals surface area (Å²) in [5.74, 6) is 0.129. The maximum absolute atomic E-state index is 12.3. The summed E-state index contributed by atoms with van der Waals surface area (Å²) in [4.78, 5) is 0. The predicted molar refractivity (Wildman–Crippen MR) is 82.7 cm³/mol. The largest absolute Gasteiger partial charge is 0.377 e. The molecule has 2 unspecified atom stereocenters. The van der Waals surface area contributed by atoms with Gasteiger partial charge in [0.25, 0.3) is 0 Å². The van der Waals surface area contributed by atoms with Gasteiger partial charge in [-0.15, -0.1) is 0 Å². The molecule has 5 nitrogen and oxygen atoms in total. The molecule has 2 atom stereocenters. The van der Waals surface area contributed by atoms with Gasteiger partial charge in [-0.2, -0.15) is 0 Å². The van der Waals surface area contributed by atoms with Gasteiger partial charge in [0.15, 0.2) is 0 Å². The number of nitrogens with one attached hydrogen (secondary N) is 2. The Morgan fingerprint density at radius 3 is 2.67 bits per heavy atom. The first kappa shape index (κ1) is 15.7. The zero-order chi connectivity index (χ0) is 14.8. The Kier molecular flexibility index (Phi) is 4.88. The average molecular weight is 316 g/mol. The standard InChI is InChI=1S/C15H28N2O3S/c18-21(19,12-14-5-4-10-20-14)17-13-6-9-16-15(11-13)7-2-1-3-8-15/h13-14,16-17H,1-12H2. The first-order chi connectivity index (χ1) is 10.1. The second-order valence-electron chi connectivity index (χ2n) is 6.99. The SMILES string of the molecule is O=S(=O)(CC1CCCO1)NC1CCNC2(CCCCC2)C1. The Morgan fingerprint density at radius 2 is 1.95 bits per heavy atom. The van der Waals surface area contributed by atoms with Crippen molar-refractivity contribution >= 4 is 10.0 Å². The van der Waals surface area contributed by atoms with E-state index >= 15 is 0 Å². The Bertz CT molecular complexity index is 434. The topological polar surface area (TPSA) is 67.4 Å². The summed E-state index contributed by atoms with van der Waals surface area (Å²) < 4.78 is 33.0. The van der Waals surface area contributed by atoms with Crippen molar-refractivity contribution in [2.24, 2.45) is 0 Å². The minimum Gasteiger partial charge on any atom is -0.377 e. The molecular weight excluding hydrogens is 288 g/mol. The van der Waals surface area contributed by atoms with Crippen molar-refractivity contribution in [2.45, 2.75) is 75.5 Å². The number of piperidine rings is 1. The molecule has 21 heavy (non-hydrogen) atoms. The average Bonchev–Trinajstić information content (AvgIpc) is 2.91. The second-order valence-corrected chi connectivity index (χ2v) is 8.79. The minimum absolute atomic E-state index is 0.0933. The van der Waals surface area contributed by atoms with Crippen molar-refractivity contribution in [1.82, 2.24) is 10.0 Å². The zero-order valence-electron chi connectivity index (χ0n) is 12.8. The molecule has 3 aliphatic rings. The third-order valence-electron chi connectivity index (χ3n) is 5.22. The summed E-state index contributed by atoms with van der Waals surface area (Å²) in [6.45, 7) is 1.63. The van der Waals surface area contributed by atoms with Crippen LogP contribution in [0.2, 0.25) is 0 Å². The summed E-state index contributed by atoms with van der Waals surface area (Å²) in [7, 11) is -3.22. The van der Waals surface area contributed by atoms with Crippen molar-refractivity contribution in [3.63, 3.8) is 0 Å². The fraction of sp³-hybridized carbons (Fsp3) is 1.00. The molecule has 6 heteroatoms. The van der Waals surface area contributed by atoms with Gasteiger partial charge in [0.2, 0.25) is 10.0 Å². The summed E-state index contributed by atoms with van der Waals surface area (Å²) >= 11 is 0. The van der Waals surface area contributed by atoms with Crippen molar-refractivity contribution < 1.29 is 13.2 Å². The van der Waals surface area contributed by atoms with E-state index in [-0.39, 0.29) is 23.4 Å². The molecule has 2 aliphatic heterocycles. The van der Waals surface area contributed by atoms with E-state index in [1.165, 1.54) is 32.1 Å². The molecule has 2 heterocycles. The Hall–Kier alpha value is -0.170. The van der Waals surface area contributed by atoms with Crippen LogP contribution in [0.1, 0.15) is 57.8 Å². The molecular formula is C15H28N2O3S. The second kappa shape index (κ2) is 6.52. The highest BCUT2D eigenvalue weighted by atomic mass is 32.2. The number of hydrogen-bond donors (Lipinski definition) is 2. The van der Waals surface area contributed by atoms with Crippen LogP contribution in [0.4, 0.5) is 0 Å². The molecule has 122 valence electrons. The van der Waals surface area contributed by atoms with Crippen molar-refractivity contribution in [1.29, 1.82) is 0 Å². The predicted octanol–water partition coefficient (Wildman–Crippen LogP) is 1.54. The van der Waals surface area contributed by atoms with Crippen LogP contribution < -0.4 is 10.0 Å². The minimum atomic E-state index is -3.22. The molecule has 2 N–H and O–H groups in total. The van der Waals surface area contributed by atoms with Gasteiger partial charge >= 0.3 is 0 Å². The molecule has 0 aromatic rings. The molecule has 1 saturated carbocycles. The van der Waals surface area contributed by atoms with Gasteiger partial charge in [0.05, 0.1) is 11.9 Å².